The fourth-order valence-electron chi connectivity index (χ4n) is 6.79. The van der Waals surface area contributed by atoms with Crippen LogP contribution in [0.1, 0.15) is 5.56 Å². The number of carbonyl (C=O) groups excluding carboxylic acids is 1. The van der Waals surface area contributed by atoms with E-state index in [2.05, 4.69) is 25.5 Å². The average Bonchev–Trinajstić information content (AvgIpc) is 3.89. The van der Waals surface area contributed by atoms with E-state index in [1.165, 1.54) is 46.9 Å². The number of nitrogens with one attached hydrogen (secondary N) is 2. The number of hydrogen-bond acceptors (Lipinski definition) is 12. The summed E-state index contributed by atoms with van der Waals surface area (Å²) in [5, 5.41) is 8.79. The molecule has 1 aliphatic rings. The number of nitrogens with zero attached hydrogens (tertiary/aromatic N) is 6. The Bertz CT molecular complexity index is 2760. The van der Waals surface area contributed by atoms with Crippen molar-refractivity contribution in [2.45, 2.75) is 12.8 Å². The third-order valence-corrected chi connectivity index (χ3v) is 12.2. The topological polar surface area (TPSA) is 134 Å². The second kappa shape index (κ2) is 16.4. The molecule has 9 rings (SSSR count). The number of rotatable bonds is 11. The first-order chi connectivity index (χ1) is 28.7. The third-order valence-electron chi connectivity index (χ3n) is 9.79. The van der Waals surface area contributed by atoms with E-state index < -0.39 is 6.23 Å². The van der Waals surface area contributed by atoms with Gasteiger partial charge in [-0.05, 0) is 77.4 Å². The second-order valence-electron chi connectivity index (χ2n) is 13.7. The summed E-state index contributed by atoms with van der Waals surface area (Å²) in [6.45, 7) is 2.13. The van der Waals surface area contributed by atoms with Crippen LogP contribution in [-0.2, 0) is 11.3 Å². The Balaban J connectivity index is 0.991. The summed E-state index contributed by atoms with van der Waals surface area (Å²) < 4.78 is 33.8. The van der Waals surface area contributed by atoms with Gasteiger partial charge in [-0.3, -0.25) is 4.79 Å². The Morgan fingerprint density at radius 1 is 0.763 bits per heavy atom. The molecule has 8 aromatic rings. The second-order valence-corrected chi connectivity index (χ2v) is 16.2. The van der Waals surface area contributed by atoms with Gasteiger partial charge in [0, 0.05) is 47.5 Å². The molecule has 16 heteroatoms. The van der Waals surface area contributed by atoms with Crippen LogP contribution in [0.5, 0.6) is 5.75 Å². The predicted molar refractivity (Wildman–Crippen MR) is 232 cm³/mol. The number of thiophene rings is 2. The van der Waals surface area contributed by atoms with E-state index in [1.807, 2.05) is 42.5 Å². The first-order valence-electron chi connectivity index (χ1n) is 18.6. The maximum atomic E-state index is 14.5. The molecule has 0 saturated carbocycles. The molecular formula is C43H34ClF2N9O2S2. The largest absolute Gasteiger partial charge is 0.461 e. The van der Waals surface area contributed by atoms with Crippen LogP contribution in [0.15, 0.2) is 115 Å². The molecule has 296 valence electrons. The minimum atomic E-state index is -1.21. The van der Waals surface area contributed by atoms with Crippen molar-refractivity contribution in [1.29, 1.82) is 0 Å². The van der Waals surface area contributed by atoms with E-state index in [0.29, 0.717) is 60.0 Å². The van der Waals surface area contributed by atoms with Crippen LogP contribution >= 0.6 is 34.3 Å². The van der Waals surface area contributed by atoms with Gasteiger partial charge in [-0.1, -0.05) is 66.2 Å². The Hall–Kier alpha value is -6.42. The molecule has 11 nitrogen and oxygen atoms in total. The highest BCUT2D eigenvalue weighted by molar-refractivity contribution is 7.22. The molecule has 0 spiro atoms. The highest BCUT2D eigenvalue weighted by Crippen LogP contribution is 2.39. The van der Waals surface area contributed by atoms with Crippen molar-refractivity contribution in [3.8, 4) is 26.6 Å². The van der Waals surface area contributed by atoms with Gasteiger partial charge >= 0.3 is 0 Å². The number of ether oxygens (including phenoxy) is 1. The van der Waals surface area contributed by atoms with Gasteiger partial charge in [0.05, 0.1) is 10.8 Å². The highest BCUT2D eigenvalue weighted by Gasteiger charge is 2.31. The van der Waals surface area contributed by atoms with E-state index in [0.717, 1.165) is 42.0 Å². The molecule has 1 amide bonds. The van der Waals surface area contributed by atoms with E-state index in [4.69, 9.17) is 32.0 Å². The van der Waals surface area contributed by atoms with Crippen LogP contribution in [-0.4, -0.2) is 63.1 Å². The van der Waals surface area contributed by atoms with E-state index in [9.17, 15) is 13.6 Å². The highest BCUT2D eigenvalue weighted by atomic mass is 35.5. The summed E-state index contributed by atoms with van der Waals surface area (Å²) in [5.74, 6) is 1.03. The molecule has 1 fully saturated rings. The first-order valence-corrected chi connectivity index (χ1v) is 20.6. The molecule has 59 heavy (non-hydrogen) atoms. The molecule has 4 aromatic heterocycles. The molecule has 4 aromatic carbocycles. The zero-order valence-corrected chi connectivity index (χ0v) is 33.5. The summed E-state index contributed by atoms with van der Waals surface area (Å²) in [4.78, 5) is 40.3. The molecule has 1 atom stereocenters. The number of nitrogens with two attached hydrogens (primary N) is 1. The first kappa shape index (κ1) is 38.1. The van der Waals surface area contributed by atoms with Gasteiger partial charge in [-0.15, -0.1) is 22.7 Å². The number of benzene rings is 4. The SMILES string of the molecule is Nc1nc(N2CCN(C(=O)C(Nc3nc(NCc4ccccc4)c4cc(-c5ccc(F)cc5)sc4n3)Oc3ccc(Cl)cc3)CC2)c2cc(-c3ccc(F)cc3)sc2n1. The third kappa shape index (κ3) is 8.44. The molecule has 1 aliphatic heterocycles. The van der Waals surface area contributed by atoms with E-state index >= 15 is 0 Å². The Kier molecular flexibility index (Phi) is 10.6. The molecule has 1 unspecified atom stereocenters. The van der Waals surface area contributed by atoms with E-state index in [-0.39, 0.29) is 29.4 Å². The maximum absolute atomic E-state index is 14.5. The van der Waals surface area contributed by atoms with Crippen LogP contribution in [0.25, 0.3) is 41.3 Å². The zero-order valence-electron chi connectivity index (χ0n) is 31.1. The number of nitrogen functional groups attached to an aromatic ring is 1. The van der Waals surface area contributed by atoms with Gasteiger partial charge in [-0.25, -0.2) is 18.7 Å². The normalized spacial score (nSPS) is 13.5. The fourth-order valence-corrected chi connectivity index (χ4v) is 8.99. The van der Waals surface area contributed by atoms with Crippen molar-refractivity contribution in [2.24, 2.45) is 0 Å². The van der Waals surface area contributed by atoms with Crippen molar-refractivity contribution in [3.05, 3.63) is 137 Å². The van der Waals surface area contributed by atoms with Crippen molar-refractivity contribution >= 4 is 84.1 Å². The van der Waals surface area contributed by atoms with E-state index in [1.54, 1.807) is 53.4 Å². The summed E-state index contributed by atoms with van der Waals surface area (Å²) in [6.07, 6.45) is -1.21. The number of carbonyl (C=O) groups is 1. The standard InChI is InChI=1S/C43H34ClF2N9O2S2/c44-28-10-16-31(17-11-28)57-38(41(56)55-20-18-54(19-21-55)37-33-23-35(27-8-14-30(46)15-9-27)59-40(33)52-42(47)50-37)51-43-49-36(48-24-25-4-2-1-3-5-25)32-22-34(58-39(32)53-43)26-6-12-29(45)13-7-26/h1-17,22-23,38H,18-21,24H2,(H2,47,50,52)(H2,48,49,51,53). The van der Waals surface area contributed by atoms with Gasteiger partial charge in [0.2, 0.25) is 11.9 Å². The Morgan fingerprint density at radius 2 is 1.37 bits per heavy atom. The molecular weight excluding hydrogens is 812 g/mol. The maximum Gasteiger partial charge on any atom is 0.285 e. The van der Waals surface area contributed by atoms with Gasteiger partial charge < -0.3 is 30.9 Å². The molecule has 0 bridgehead atoms. The average molecular weight is 846 g/mol. The summed E-state index contributed by atoms with van der Waals surface area (Å²) in [5.41, 5.74) is 8.94. The number of fused-ring (bicyclic) bond motifs is 2. The fraction of sp³-hybridized carbons (Fsp3) is 0.140. The lowest BCUT2D eigenvalue weighted by Gasteiger charge is -2.37. The number of amides is 1. The Labute approximate surface area is 350 Å². The molecule has 5 heterocycles. The van der Waals surface area contributed by atoms with Crippen LogP contribution in [0.2, 0.25) is 5.02 Å². The van der Waals surface area contributed by atoms with Crippen LogP contribution in [0.4, 0.5) is 32.3 Å². The quantitative estimate of drug-likeness (QED) is 0.108. The number of aromatic nitrogens is 4. The Morgan fingerprint density at radius 3 is 2.02 bits per heavy atom. The van der Waals surface area contributed by atoms with Crippen LogP contribution in [0, 0.1) is 11.6 Å². The monoisotopic (exact) mass is 845 g/mol. The summed E-state index contributed by atoms with van der Waals surface area (Å²) >= 11 is 9.08. The van der Waals surface area contributed by atoms with Crippen LogP contribution < -0.4 is 26.0 Å². The molecule has 4 N–H and O–H groups in total. The lowest BCUT2D eigenvalue weighted by atomic mass is 10.1. The van der Waals surface area contributed by atoms with Gasteiger partial charge in [-0.2, -0.15) is 9.97 Å². The van der Waals surface area contributed by atoms with Crippen molar-refractivity contribution in [2.75, 3.05) is 47.4 Å². The van der Waals surface area contributed by atoms with Crippen molar-refractivity contribution in [1.82, 2.24) is 24.8 Å². The number of halogens is 3. The molecule has 1 saturated heterocycles. The zero-order chi connectivity index (χ0) is 40.5. The van der Waals surface area contributed by atoms with Gasteiger partial charge in [0.25, 0.3) is 12.1 Å². The smallest absolute Gasteiger partial charge is 0.285 e. The summed E-state index contributed by atoms with van der Waals surface area (Å²) in [6, 6.07) is 33.3. The van der Waals surface area contributed by atoms with Gasteiger partial charge in [0.1, 0.15) is 38.7 Å². The predicted octanol–water partition coefficient (Wildman–Crippen LogP) is 9.32. The lowest BCUT2D eigenvalue weighted by molar-refractivity contribution is -0.137. The van der Waals surface area contributed by atoms with Crippen LogP contribution in [0.3, 0.4) is 0 Å². The van der Waals surface area contributed by atoms with Crippen molar-refractivity contribution in [3.63, 3.8) is 0 Å². The molecule has 0 radical (unpaired) electrons. The van der Waals surface area contributed by atoms with Crippen molar-refractivity contribution < 1.29 is 18.3 Å². The number of piperazine rings is 1. The summed E-state index contributed by atoms with van der Waals surface area (Å²) in [7, 11) is 0. The molecule has 0 aliphatic carbocycles. The lowest BCUT2D eigenvalue weighted by Crippen LogP contribution is -2.54. The number of anilines is 4. The van der Waals surface area contributed by atoms with Gasteiger partial charge in [0.15, 0.2) is 0 Å². The number of hydrogen-bond donors (Lipinski definition) is 3. The minimum Gasteiger partial charge on any atom is -0.461 e. The minimum absolute atomic E-state index is 0.143.